The predicted octanol–water partition coefficient (Wildman–Crippen LogP) is 1.74. The zero-order valence-corrected chi connectivity index (χ0v) is 19.1. The highest BCUT2D eigenvalue weighted by atomic mass is 35.5. The van der Waals surface area contributed by atoms with Crippen molar-refractivity contribution in [1.29, 1.82) is 0 Å². The van der Waals surface area contributed by atoms with Gasteiger partial charge < -0.3 is 4.74 Å². The molecule has 168 valence electrons. The summed E-state index contributed by atoms with van der Waals surface area (Å²) in [5, 5.41) is 0.644. The van der Waals surface area contributed by atoms with Gasteiger partial charge in [-0.1, -0.05) is 11.6 Å². The fourth-order valence-corrected chi connectivity index (χ4v) is 4.54. The summed E-state index contributed by atoms with van der Waals surface area (Å²) in [5.41, 5.74) is 2.86. The molecule has 32 heavy (non-hydrogen) atoms. The minimum Gasteiger partial charge on any atom is -0.379 e. The molecule has 1 fully saturated rings. The van der Waals surface area contributed by atoms with Gasteiger partial charge in [0, 0.05) is 55.3 Å². The van der Waals surface area contributed by atoms with Crippen LogP contribution in [0.15, 0.2) is 33.9 Å². The molecule has 9 nitrogen and oxygen atoms in total. The number of morpholine rings is 1. The minimum atomic E-state index is -0.357. The van der Waals surface area contributed by atoms with Crippen molar-refractivity contribution in [3.63, 3.8) is 0 Å². The highest BCUT2D eigenvalue weighted by Crippen LogP contribution is 2.25. The third kappa shape index (κ3) is 3.19. The van der Waals surface area contributed by atoms with Crippen molar-refractivity contribution in [1.82, 2.24) is 28.0 Å². The normalized spacial score (nSPS) is 15.2. The van der Waals surface area contributed by atoms with Gasteiger partial charge >= 0.3 is 5.69 Å². The maximum absolute atomic E-state index is 13.5. The number of ether oxygens (including phenoxy) is 1. The lowest BCUT2D eigenvalue weighted by Crippen LogP contribution is -2.44. The van der Waals surface area contributed by atoms with Crippen LogP contribution in [0.1, 0.15) is 11.4 Å². The molecule has 0 saturated carbocycles. The Morgan fingerprint density at radius 3 is 2.41 bits per heavy atom. The number of fused-ring (bicyclic) bond motifs is 3. The minimum absolute atomic E-state index is 0.319. The molecule has 4 heterocycles. The topological polar surface area (TPSA) is 78.7 Å². The monoisotopic (exact) mass is 456 g/mol. The van der Waals surface area contributed by atoms with Crippen molar-refractivity contribution in [2.75, 3.05) is 32.8 Å². The average molecular weight is 457 g/mol. The fraction of sp³-hybridized carbons (Fsp3) is 0.409. The standard InChI is InChI=1S/C22H25ClN6O3/c1-14-15(2)29-18-19(24-21(29)28(14)17-6-4-16(23)5-7-17)25(3)22(31)27(20(18)30)9-8-26-10-12-32-13-11-26/h4-7H,8-13H2,1-3H3. The van der Waals surface area contributed by atoms with Crippen LogP contribution >= 0.6 is 11.6 Å². The first-order valence-electron chi connectivity index (χ1n) is 10.6. The second-order valence-corrected chi connectivity index (χ2v) is 8.59. The van der Waals surface area contributed by atoms with Crippen molar-refractivity contribution in [3.05, 3.63) is 61.5 Å². The molecule has 1 saturated heterocycles. The van der Waals surface area contributed by atoms with Gasteiger partial charge in [-0.25, -0.2) is 4.79 Å². The molecule has 0 unspecified atom stereocenters. The van der Waals surface area contributed by atoms with Crippen LogP contribution in [0.3, 0.4) is 0 Å². The van der Waals surface area contributed by atoms with E-state index in [9.17, 15) is 9.59 Å². The number of hydrogen-bond acceptors (Lipinski definition) is 5. The van der Waals surface area contributed by atoms with Crippen molar-refractivity contribution >= 4 is 28.5 Å². The van der Waals surface area contributed by atoms with E-state index < -0.39 is 0 Å². The van der Waals surface area contributed by atoms with Crippen LogP contribution < -0.4 is 11.2 Å². The maximum Gasteiger partial charge on any atom is 0.332 e. The molecule has 1 aromatic carbocycles. The van der Waals surface area contributed by atoms with E-state index >= 15 is 0 Å². The van der Waals surface area contributed by atoms with Crippen molar-refractivity contribution in [3.8, 4) is 5.69 Å². The van der Waals surface area contributed by atoms with Gasteiger partial charge in [0.15, 0.2) is 11.2 Å². The SMILES string of the molecule is Cc1c(C)n2c3c(=O)n(CCN4CCOCC4)c(=O)n(C)c3nc2n1-c1ccc(Cl)cc1. The summed E-state index contributed by atoms with van der Waals surface area (Å²) in [6.07, 6.45) is 0. The average Bonchev–Trinajstić information content (AvgIpc) is 3.29. The molecule has 0 radical (unpaired) electrons. The first kappa shape index (κ1) is 21.0. The van der Waals surface area contributed by atoms with Crippen LogP contribution in [0.4, 0.5) is 0 Å². The van der Waals surface area contributed by atoms with E-state index in [4.69, 9.17) is 21.3 Å². The van der Waals surface area contributed by atoms with Crippen LogP contribution in [-0.2, 0) is 18.3 Å². The summed E-state index contributed by atoms with van der Waals surface area (Å²) >= 11 is 6.07. The zero-order chi connectivity index (χ0) is 22.6. The molecule has 3 aromatic heterocycles. The third-order valence-corrected chi connectivity index (χ3v) is 6.60. The van der Waals surface area contributed by atoms with Gasteiger partial charge in [-0.05, 0) is 38.1 Å². The van der Waals surface area contributed by atoms with Gasteiger partial charge in [-0.2, -0.15) is 4.98 Å². The smallest absolute Gasteiger partial charge is 0.332 e. The van der Waals surface area contributed by atoms with E-state index in [-0.39, 0.29) is 11.2 Å². The Balaban J connectivity index is 1.70. The van der Waals surface area contributed by atoms with Gasteiger partial charge in [0.2, 0.25) is 5.78 Å². The summed E-state index contributed by atoms with van der Waals surface area (Å²) in [5.74, 6) is 0.593. The second-order valence-electron chi connectivity index (χ2n) is 8.15. The van der Waals surface area contributed by atoms with Crippen LogP contribution in [0, 0.1) is 13.8 Å². The Labute approximate surface area is 189 Å². The molecule has 0 amide bonds. The molecule has 4 aromatic rings. The molecule has 0 N–H and O–H groups in total. The van der Waals surface area contributed by atoms with E-state index in [0.29, 0.717) is 48.3 Å². The number of halogens is 1. The number of benzene rings is 1. The Morgan fingerprint density at radius 2 is 1.72 bits per heavy atom. The first-order chi connectivity index (χ1) is 15.4. The van der Waals surface area contributed by atoms with Crippen molar-refractivity contribution < 1.29 is 4.74 Å². The second kappa shape index (κ2) is 7.91. The Morgan fingerprint density at radius 1 is 1.03 bits per heavy atom. The molecule has 0 atom stereocenters. The lowest BCUT2D eigenvalue weighted by Gasteiger charge is -2.26. The highest BCUT2D eigenvalue weighted by Gasteiger charge is 2.23. The lowest BCUT2D eigenvalue weighted by molar-refractivity contribution is 0.0361. The largest absolute Gasteiger partial charge is 0.379 e. The van der Waals surface area contributed by atoms with Crippen LogP contribution in [0.5, 0.6) is 0 Å². The van der Waals surface area contributed by atoms with Crippen molar-refractivity contribution in [2.24, 2.45) is 7.05 Å². The van der Waals surface area contributed by atoms with Crippen LogP contribution in [0.25, 0.3) is 22.6 Å². The molecule has 1 aliphatic rings. The molecule has 5 rings (SSSR count). The van der Waals surface area contributed by atoms with E-state index in [1.807, 2.05) is 47.1 Å². The van der Waals surface area contributed by atoms with Gasteiger partial charge in [0.1, 0.15) is 0 Å². The van der Waals surface area contributed by atoms with Crippen molar-refractivity contribution in [2.45, 2.75) is 20.4 Å². The number of imidazole rings is 2. The number of aromatic nitrogens is 5. The zero-order valence-electron chi connectivity index (χ0n) is 18.3. The molecule has 10 heteroatoms. The first-order valence-corrected chi connectivity index (χ1v) is 11.0. The number of nitrogens with zero attached hydrogens (tertiary/aromatic N) is 6. The van der Waals surface area contributed by atoms with Gasteiger partial charge in [0.25, 0.3) is 5.56 Å². The Hall–Kier alpha value is -2.88. The van der Waals surface area contributed by atoms with E-state index in [1.165, 1.54) is 9.13 Å². The van der Waals surface area contributed by atoms with Gasteiger partial charge in [-0.3, -0.25) is 27.8 Å². The van der Waals surface area contributed by atoms with E-state index in [2.05, 4.69) is 4.90 Å². The lowest BCUT2D eigenvalue weighted by atomic mass is 10.3. The summed E-state index contributed by atoms with van der Waals surface area (Å²) < 4.78 is 12.0. The van der Waals surface area contributed by atoms with E-state index in [1.54, 1.807) is 7.05 Å². The summed E-state index contributed by atoms with van der Waals surface area (Å²) in [6.45, 7) is 7.84. The number of hydrogen-bond donors (Lipinski definition) is 0. The Bertz CT molecular complexity index is 1440. The van der Waals surface area contributed by atoms with Gasteiger partial charge in [0.05, 0.1) is 13.2 Å². The molecule has 0 spiro atoms. The Kier molecular flexibility index (Phi) is 5.19. The fourth-order valence-electron chi connectivity index (χ4n) is 4.41. The van der Waals surface area contributed by atoms with Crippen LogP contribution in [0.2, 0.25) is 5.02 Å². The quantitative estimate of drug-likeness (QED) is 0.467. The third-order valence-electron chi connectivity index (χ3n) is 6.35. The van der Waals surface area contributed by atoms with E-state index in [0.717, 1.165) is 30.2 Å². The van der Waals surface area contributed by atoms with Crippen LogP contribution in [-0.4, -0.2) is 60.8 Å². The summed E-state index contributed by atoms with van der Waals surface area (Å²) in [4.78, 5) is 33.5. The molecular weight excluding hydrogens is 432 g/mol. The number of aryl methyl sites for hydroxylation is 2. The summed E-state index contributed by atoms with van der Waals surface area (Å²) in [6, 6.07) is 7.46. The number of rotatable bonds is 4. The highest BCUT2D eigenvalue weighted by molar-refractivity contribution is 6.30. The predicted molar refractivity (Wildman–Crippen MR) is 123 cm³/mol. The van der Waals surface area contributed by atoms with Gasteiger partial charge in [-0.15, -0.1) is 0 Å². The maximum atomic E-state index is 13.5. The molecule has 1 aliphatic heterocycles. The summed E-state index contributed by atoms with van der Waals surface area (Å²) in [7, 11) is 1.66. The molecular formula is C22H25ClN6O3. The molecule has 0 bridgehead atoms. The molecule has 0 aliphatic carbocycles.